The van der Waals surface area contributed by atoms with Gasteiger partial charge in [0.2, 0.25) is 5.88 Å². The van der Waals surface area contributed by atoms with Crippen LogP contribution in [0.15, 0.2) is 17.0 Å². The summed E-state index contributed by atoms with van der Waals surface area (Å²) in [4.78, 5) is 8.11. The number of hydrogen-bond donors (Lipinski definition) is 1. The van der Waals surface area contributed by atoms with Crippen LogP contribution < -0.4 is 10.1 Å². The molecule has 1 aliphatic rings. The number of rotatable bonds is 2. The second kappa shape index (κ2) is 4.02. The van der Waals surface area contributed by atoms with Crippen molar-refractivity contribution in [3.05, 3.63) is 17.0 Å². The second-order valence-corrected chi connectivity index (χ2v) is 3.72. The highest BCUT2D eigenvalue weighted by atomic mass is 79.9. The summed E-state index contributed by atoms with van der Waals surface area (Å²) >= 11 is 3.22. The van der Waals surface area contributed by atoms with Gasteiger partial charge in [-0.05, 0) is 28.9 Å². The number of hydrogen-bond acceptors (Lipinski definition) is 4. The summed E-state index contributed by atoms with van der Waals surface area (Å²) in [7, 11) is 0. The Balaban J connectivity index is 1.97. The molecule has 0 radical (unpaired) electrons. The fourth-order valence-corrected chi connectivity index (χ4v) is 1.47. The van der Waals surface area contributed by atoms with Gasteiger partial charge >= 0.3 is 0 Å². The molecule has 1 aliphatic heterocycles. The lowest BCUT2D eigenvalue weighted by Gasteiger charge is -2.10. The Bertz CT molecular complexity index is 271. The van der Waals surface area contributed by atoms with Gasteiger partial charge in [0.25, 0.3) is 0 Å². The largest absolute Gasteiger partial charge is 0.472 e. The number of ether oxygens (including phenoxy) is 1. The van der Waals surface area contributed by atoms with E-state index in [1.165, 1.54) is 0 Å². The van der Waals surface area contributed by atoms with Gasteiger partial charge in [0.1, 0.15) is 10.7 Å². The molecule has 2 rings (SSSR count). The van der Waals surface area contributed by atoms with Gasteiger partial charge in [-0.25, -0.2) is 9.97 Å². The molecule has 4 nitrogen and oxygen atoms in total. The molecule has 1 saturated heterocycles. The lowest BCUT2D eigenvalue weighted by Crippen LogP contribution is -2.20. The molecule has 0 saturated carbocycles. The van der Waals surface area contributed by atoms with Gasteiger partial charge in [0.15, 0.2) is 0 Å². The van der Waals surface area contributed by atoms with Crippen molar-refractivity contribution in [2.75, 3.05) is 13.1 Å². The molecular formula is C8H10BrN3O. The summed E-state index contributed by atoms with van der Waals surface area (Å²) in [6, 6.07) is 0. The van der Waals surface area contributed by atoms with Crippen molar-refractivity contribution in [1.29, 1.82) is 0 Å². The van der Waals surface area contributed by atoms with Gasteiger partial charge in [-0.15, -0.1) is 0 Å². The van der Waals surface area contributed by atoms with Crippen molar-refractivity contribution in [2.45, 2.75) is 12.5 Å². The Hall–Kier alpha value is -0.680. The maximum Gasteiger partial charge on any atom is 0.232 e. The molecule has 0 amide bonds. The summed E-state index contributed by atoms with van der Waals surface area (Å²) < 4.78 is 6.30. The first-order chi connectivity index (χ1) is 6.34. The summed E-state index contributed by atoms with van der Waals surface area (Å²) in [6.07, 6.45) is 4.55. The molecule has 0 spiro atoms. The predicted molar refractivity (Wildman–Crippen MR) is 51.6 cm³/mol. The fraction of sp³-hybridized carbons (Fsp3) is 0.500. The standard InChI is InChI=1S/C8H10BrN3O/c9-7-4-12-8(5-11-7)13-6-1-2-10-3-6/h4-6,10H,1-3H2/t6-/m0/s1. The normalized spacial score (nSPS) is 21.8. The van der Waals surface area contributed by atoms with Crippen molar-refractivity contribution in [3.8, 4) is 5.88 Å². The first kappa shape index (κ1) is 8.90. The summed E-state index contributed by atoms with van der Waals surface area (Å²) in [5.74, 6) is 0.594. The van der Waals surface area contributed by atoms with Crippen molar-refractivity contribution in [3.63, 3.8) is 0 Å². The molecule has 5 heteroatoms. The van der Waals surface area contributed by atoms with Crippen molar-refractivity contribution >= 4 is 15.9 Å². The third-order valence-corrected chi connectivity index (χ3v) is 2.31. The van der Waals surface area contributed by atoms with Crippen molar-refractivity contribution < 1.29 is 4.74 Å². The maximum absolute atomic E-state index is 5.57. The monoisotopic (exact) mass is 243 g/mol. The van der Waals surface area contributed by atoms with Crippen LogP contribution in [0.25, 0.3) is 0 Å². The smallest absolute Gasteiger partial charge is 0.232 e. The molecule has 2 heterocycles. The summed E-state index contributed by atoms with van der Waals surface area (Å²) in [5.41, 5.74) is 0. The molecular weight excluding hydrogens is 234 g/mol. The van der Waals surface area contributed by atoms with Gasteiger partial charge in [-0.1, -0.05) is 0 Å². The van der Waals surface area contributed by atoms with Crippen LogP contribution in [0.2, 0.25) is 0 Å². The first-order valence-electron chi connectivity index (χ1n) is 4.19. The molecule has 0 bridgehead atoms. The van der Waals surface area contributed by atoms with Crippen LogP contribution in [-0.4, -0.2) is 29.2 Å². The summed E-state index contributed by atoms with van der Waals surface area (Å²) in [5, 5.41) is 3.22. The first-order valence-corrected chi connectivity index (χ1v) is 4.99. The summed E-state index contributed by atoms with van der Waals surface area (Å²) in [6.45, 7) is 1.92. The van der Waals surface area contributed by atoms with Crippen LogP contribution in [0.5, 0.6) is 5.88 Å². The zero-order valence-corrected chi connectivity index (χ0v) is 8.62. The highest BCUT2D eigenvalue weighted by molar-refractivity contribution is 9.10. The van der Waals surface area contributed by atoms with E-state index < -0.39 is 0 Å². The van der Waals surface area contributed by atoms with Crippen LogP contribution in [0.4, 0.5) is 0 Å². The van der Waals surface area contributed by atoms with E-state index >= 15 is 0 Å². The van der Waals surface area contributed by atoms with E-state index in [2.05, 4.69) is 31.2 Å². The highest BCUT2D eigenvalue weighted by Crippen LogP contribution is 2.12. The number of halogens is 1. The van der Waals surface area contributed by atoms with Gasteiger partial charge in [-0.2, -0.15) is 0 Å². The third-order valence-electron chi connectivity index (χ3n) is 1.90. The minimum atomic E-state index is 0.246. The van der Waals surface area contributed by atoms with Gasteiger partial charge in [-0.3, -0.25) is 0 Å². The molecule has 1 atom stereocenters. The molecule has 1 N–H and O–H groups in total. The molecule has 1 aromatic heterocycles. The van der Waals surface area contributed by atoms with Crippen LogP contribution in [-0.2, 0) is 0 Å². The lowest BCUT2D eigenvalue weighted by molar-refractivity contribution is 0.213. The van der Waals surface area contributed by atoms with E-state index in [1.54, 1.807) is 12.4 Å². The number of nitrogens with zero attached hydrogens (tertiary/aromatic N) is 2. The SMILES string of the molecule is Brc1cnc(O[C@H]2CCNC2)cn1. The fourth-order valence-electron chi connectivity index (χ4n) is 1.26. The Kier molecular flexibility index (Phi) is 2.75. The molecule has 70 valence electrons. The van der Waals surface area contributed by atoms with Crippen LogP contribution in [0, 0.1) is 0 Å². The van der Waals surface area contributed by atoms with Gasteiger partial charge in [0, 0.05) is 6.54 Å². The number of aromatic nitrogens is 2. The van der Waals surface area contributed by atoms with Crippen LogP contribution in [0.1, 0.15) is 6.42 Å². The topological polar surface area (TPSA) is 47.0 Å². The van der Waals surface area contributed by atoms with E-state index in [1.807, 2.05) is 0 Å². The number of nitrogens with one attached hydrogen (secondary N) is 1. The zero-order valence-electron chi connectivity index (χ0n) is 7.03. The van der Waals surface area contributed by atoms with Gasteiger partial charge < -0.3 is 10.1 Å². The maximum atomic E-state index is 5.57. The molecule has 13 heavy (non-hydrogen) atoms. The lowest BCUT2D eigenvalue weighted by atomic mass is 10.3. The molecule has 0 aromatic carbocycles. The quantitative estimate of drug-likeness (QED) is 0.842. The van der Waals surface area contributed by atoms with Crippen LogP contribution in [0.3, 0.4) is 0 Å². The Morgan fingerprint density at radius 3 is 3.00 bits per heavy atom. The zero-order chi connectivity index (χ0) is 9.10. The van der Waals surface area contributed by atoms with E-state index in [0.29, 0.717) is 5.88 Å². The Labute approximate surface area is 84.9 Å². The van der Waals surface area contributed by atoms with E-state index in [0.717, 1.165) is 24.1 Å². The second-order valence-electron chi connectivity index (χ2n) is 2.91. The minimum absolute atomic E-state index is 0.246. The Morgan fingerprint density at radius 1 is 1.46 bits per heavy atom. The van der Waals surface area contributed by atoms with Crippen LogP contribution >= 0.6 is 15.9 Å². The average Bonchev–Trinajstić information content (AvgIpc) is 2.62. The minimum Gasteiger partial charge on any atom is -0.472 e. The molecule has 1 fully saturated rings. The van der Waals surface area contributed by atoms with Gasteiger partial charge in [0.05, 0.1) is 12.4 Å². The third kappa shape index (κ3) is 2.38. The Morgan fingerprint density at radius 2 is 2.38 bits per heavy atom. The van der Waals surface area contributed by atoms with E-state index in [4.69, 9.17) is 4.74 Å². The average molecular weight is 244 g/mol. The van der Waals surface area contributed by atoms with E-state index in [-0.39, 0.29) is 6.10 Å². The predicted octanol–water partition coefficient (Wildman–Crippen LogP) is 0.980. The highest BCUT2D eigenvalue weighted by Gasteiger charge is 2.16. The van der Waals surface area contributed by atoms with E-state index in [9.17, 15) is 0 Å². The van der Waals surface area contributed by atoms with Crippen molar-refractivity contribution in [1.82, 2.24) is 15.3 Å². The molecule has 0 unspecified atom stereocenters. The molecule has 1 aromatic rings. The molecule has 0 aliphatic carbocycles. The van der Waals surface area contributed by atoms with Crippen molar-refractivity contribution in [2.24, 2.45) is 0 Å².